The Balaban J connectivity index is 2.26. The second-order valence-electron chi connectivity index (χ2n) is 6.26. The molecule has 3 rings (SSSR count). The molecule has 0 aliphatic carbocycles. The molecule has 0 bridgehead atoms. The van der Waals surface area contributed by atoms with Gasteiger partial charge >= 0.3 is 0 Å². The van der Waals surface area contributed by atoms with Gasteiger partial charge in [-0.15, -0.1) is 0 Å². The summed E-state index contributed by atoms with van der Waals surface area (Å²) >= 11 is 0. The Morgan fingerprint density at radius 2 is 1.91 bits per heavy atom. The number of pyridine rings is 3. The van der Waals surface area contributed by atoms with Crippen molar-refractivity contribution < 1.29 is 0 Å². The van der Waals surface area contributed by atoms with E-state index in [1.807, 2.05) is 32.0 Å². The lowest BCUT2D eigenvalue weighted by atomic mass is 9.91. The van der Waals surface area contributed by atoms with Crippen LogP contribution in [0.15, 0.2) is 42.9 Å². The summed E-state index contributed by atoms with van der Waals surface area (Å²) in [4.78, 5) is 13.0. The highest BCUT2D eigenvalue weighted by Gasteiger charge is 2.26. The van der Waals surface area contributed by atoms with Crippen molar-refractivity contribution in [1.82, 2.24) is 15.0 Å². The van der Waals surface area contributed by atoms with Crippen LogP contribution in [0.4, 0.5) is 5.82 Å². The SMILES string of the molecule is CC(C)(N)C(N)c1nc(-c2ccnc(N)c2)cc2cnccc12. The molecule has 0 amide bonds. The third-order valence-electron chi connectivity index (χ3n) is 3.83. The van der Waals surface area contributed by atoms with Gasteiger partial charge in [-0.2, -0.15) is 0 Å². The van der Waals surface area contributed by atoms with Crippen molar-refractivity contribution in [3.05, 3.63) is 48.5 Å². The van der Waals surface area contributed by atoms with Crippen molar-refractivity contribution in [3.63, 3.8) is 0 Å². The van der Waals surface area contributed by atoms with E-state index in [1.54, 1.807) is 24.7 Å². The summed E-state index contributed by atoms with van der Waals surface area (Å²) in [5.74, 6) is 0.445. The topological polar surface area (TPSA) is 117 Å². The molecule has 0 aliphatic heterocycles. The molecular weight excluding hydrogens is 288 g/mol. The lowest BCUT2D eigenvalue weighted by molar-refractivity contribution is 0.416. The fourth-order valence-electron chi connectivity index (χ4n) is 2.47. The average molecular weight is 308 g/mol. The first-order chi connectivity index (χ1) is 10.9. The Morgan fingerprint density at radius 3 is 2.61 bits per heavy atom. The number of nitrogens with two attached hydrogens (primary N) is 3. The van der Waals surface area contributed by atoms with Crippen molar-refractivity contribution in [2.45, 2.75) is 25.4 Å². The Morgan fingerprint density at radius 1 is 1.13 bits per heavy atom. The standard InChI is InChI=1S/C17H20N6/c1-17(2,20)16(19)15-12-4-5-21-9-11(12)7-13(23-15)10-3-6-22-14(18)8-10/h3-9,16H,19-20H2,1-2H3,(H2,18,22). The zero-order chi connectivity index (χ0) is 16.6. The molecule has 0 saturated heterocycles. The molecule has 6 heteroatoms. The molecule has 23 heavy (non-hydrogen) atoms. The summed E-state index contributed by atoms with van der Waals surface area (Å²) in [7, 11) is 0. The zero-order valence-electron chi connectivity index (χ0n) is 13.2. The molecule has 3 heterocycles. The number of anilines is 1. The summed E-state index contributed by atoms with van der Waals surface area (Å²) in [6.07, 6.45) is 5.19. The fourth-order valence-corrected chi connectivity index (χ4v) is 2.47. The summed E-state index contributed by atoms with van der Waals surface area (Å²) in [5, 5.41) is 1.92. The van der Waals surface area contributed by atoms with Crippen molar-refractivity contribution >= 4 is 16.6 Å². The highest BCUT2D eigenvalue weighted by molar-refractivity contribution is 5.87. The first-order valence-electron chi connectivity index (χ1n) is 7.37. The monoisotopic (exact) mass is 308 g/mol. The van der Waals surface area contributed by atoms with Crippen molar-refractivity contribution in [1.29, 1.82) is 0 Å². The minimum Gasteiger partial charge on any atom is -0.384 e. The van der Waals surface area contributed by atoms with Crippen LogP contribution < -0.4 is 17.2 Å². The highest BCUT2D eigenvalue weighted by Crippen LogP contribution is 2.30. The molecule has 6 N–H and O–H groups in total. The van der Waals surface area contributed by atoms with Gasteiger partial charge < -0.3 is 17.2 Å². The quantitative estimate of drug-likeness (QED) is 0.681. The van der Waals surface area contributed by atoms with Crippen LogP contribution in [-0.2, 0) is 0 Å². The molecular formula is C17H20N6. The van der Waals surface area contributed by atoms with E-state index in [4.69, 9.17) is 22.2 Å². The van der Waals surface area contributed by atoms with Crippen LogP contribution in [-0.4, -0.2) is 20.5 Å². The third kappa shape index (κ3) is 2.99. The lowest BCUT2D eigenvalue weighted by Crippen LogP contribution is -2.44. The third-order valence-corrected chi connectivity index (χ3v) is 3.83. The number of nitrogen functional groups attached to an aromatic ring is 1. The second-order valence-corrected chi connectivity index (χ2v) is 6.26. The van der Waals surface area contributed by atoms with E-state index in [0.29, 0.717) is 5.82 Å². The number of fused-ring (bicyclic) bond motifs is 1. The lowest BCUT2D eigenvalue weighted by Gasteiger charge is -2.27. The van der Waals surface area contributed by atoms with E-state index < -0.39 is 11.6 Å². The molecule has 0 aliphatic rings. The summed E-state index contributed by atoms with van der Waals surface area (Å²) in [5.41, 5.74) is 20.2. The molecule has 1 atom stereocenters. The maximum Gasteiger partial charge on any atom is 0.123 e. The molecule has 3 aromatic heterocycles. The Labute approximate surface area is 134 Å². The van der Waals surface area contributed by atoms with Gasteiger partial charge in [0.25, 0.3) is 0 Å². The maximum atomic E-state index is 6.37. The van der Waals surface area contributed by atoms with E-state index >= 15 is 0 Å². The van der Waals surface area contributed by atoms with E-state index in [2.05, 4.69) is 9.97 Å². The summed E-state index contributed by atoms with van der Waals surface area (Å²) in [6, 6.07) is 7.12. The number of hydrogen-bond donors (Lipinski definition) is 3. The van der Waals surface area contributed by atoms with E-state index in [9.17, 15) is 0 Å². The molecule has 0 fully saturated rings. The van der Waals surface area contributed by atoms with Crippen LogP contribution in [0.5, 0.6) is 0 Å². The summed E-state index contributed by atoms with van der Waals surface area (Å²) < 4.78 is 0. The van der Waals surface area contributed by atoms with E-state index in [0.717, 1.165) is 27.7 Å². The van der Waals surface area contributed by atoms with Crippen LogP contribution in [0.25, 0.3) is 22.0 Å². The smallest absolute Gasteiger partial charge is 0.123 e. The van der Waals surface area contributed by atoms with E-state index in [-0.39, 0.29) is 0 Å². The highest BCUT2D eigenvalue weighted by atomic mass is 14.9. The minimum atomic E-state index is -0.598. The van der Waals surface area contributed by atoms with Crippen molar-refractivity contribution in [2.24, 2.45) is 11.5 Å². The van der Waals surface area contributed by atoms with Gasteiger partial charge in [-0.05, 0) is 38.1 Å². The second kappa shape index (κ2) is 5.57. The van der Waals surface area contributed by atoms with Crippen molar-refractivity contribution in [2.75, 3.05) is 5.73 Å². The number of rotatable bonds is 3. The molecule has 3 aromatic rings. The molecule has 118 valence electrons. The van der Waals surface area contributed by atoms with Crippen LogP contribution in [0.2, 0.25) is 0 Å². The predicted octanol–water partition coefficient (Wildman–Crippen LogP) is 2.01. The summed E-state index contributed by atoms with van der Waals surface area (Å²) in [6.45, 7) is 3.78. The molecule has 0 spiro atoms. The van der Waals surface area contributed by atoms with Gasteiger partial charge in [-0.1, -0.05) is 0 Å². The maximum absolute atomic E-state index is 6.37. The van der Waals surface area contributed by atoms with Gasteiger partial charge in [0.05, 0.1) is 17.4 Å². The van der Waals surface area contributed by atoms with Crippen LogP contribution >= 0.6 is 0 Å². The molecule has 0 aromatic carbocycles. The number of hydrogen-bond acceptors (Lipinski definition) is 6. The Kier molecular flexibility index (Phi) is 3.71. The Hall–Kier alpha value is -2.57. The largest absolute Gasteiger partial charge is 0.384 e. The van der Waals surface area contributed by atoms with Gasteiger partial charge in [0.1, 0.15) is 5.82 Å². The van der Waals surface area contributed by atoms with Gasteiger partial charge in [0, 0.05) is 40.5 Å². The average Bonchev–Trinajstić information content (AvgIpc) is 2.52. The number of aromatic nitrogens is 3. The molecule has 1 unspecified atom stereocenters. The van der Waals surface area contributed by atoms with Crippen LogP contribution in [0, 0.1) is 0 Å². The van der Waals surface area contributed by atoms with Gasteiger partial charge in [-0.3, -0.25) is 9.97 Å². The fraction of sp³-hybridized carbons (Fsp3) is 0.235. The molecule has 0 saturated carbocycles. The van der Waals surface area contributed by atoms with E-state index in [1.165, 1.54) is 0 Å². The first-order valence-corrected chi connectivity index (χ1v) is 7.37. The first kappa shape index (κ1) is 15.3. The van der Waals surface area contributed by atoms with Crippen molar-refractivity contribution in [3.8, 4) is 11.3 Å². The molecule has 6 nitrogen and oxygen atoms in total. The normalized spacial score (nSPS) is 13.2. The number of nitrogens with zero attached hydrogens (tertiary/aromatic N) is 3. The minimum absolute atomic E-state index is 0.411. The molecule has 0 radical (unpaired) electrons. The van der Waals surface area contributed by atoms with Gasteiger partial charge in [-0.25, -0.2) is 4.98 Å². The van der Waals surface area contributed by atoms with Gasteiger partial charge in [0.15, 0.2) is 0 Å². The van der Waals surface area contributed by atoms with Crippen LogP contribution in [0.1, 0.15) is 25.6 Å². The van der Waals surface area contributed by atoms with Gasteiger partial charge in [0.2, 0.25) is 0 Å². The Bertz CT molecular complexity index is 853. The zero-order valence-corrected chi connectivity index (χ0v) is 13.2. The predicted molar refractivity (Wildman–Crippen MR) is 92.4 cm³/mol. The van der Waals surface area contributed by atoms with Crippen LogP contribution in [0.3, 0.4) is 0 Å².